The smallest absolute Gasteiger partial charge is 0.255 e. The molecule has 1 aliphatic heterocycles. The zero-order valence-corrected chi connectivity index (χ0v) is 21.7. The molecule has 1 aromatic heterocycles. The molecule has 1 amide bonds. The maximum absolute atomic E-state index is 14.0. The number of anilines is 2. The van der Waals surface area contributed by atoms with E-state index in [0.717, 1.165) is 28.0 Å². The summed E-state index contributed by atoms with van der Waals surface area (Å²) in [5.41, 5.74) is 4.38. The van der Waals surface area contributed by atoms with E-state index in [2.05, 4.69) is 10.6 Å². The fraction of sp³-hybridized carbons (Fsp3) is 0.214. The molecule has 3 aromatic carbocycles. The van der Waals surface area contributed by atoms with Crippen LogP contribution in [0.15, 0.2) is 66.2 Å². The molecule has 9 heteroatoms. The topological polar surface area (TPSA) is 86.6 Å². The molecule has 1 aliphatic rings. The predicted molar refractivity (Wildman–Crippen MR) is 146 cm³/mol. The first-order valence-electron chi connectivity index (χ1n) is 11.9. The van der Waals surface area contributed by atoms with Crippen LogP contribution in [0.5, 0.6) is 17.2 Å². The Balaban J connectivity index is 1.62. The van der Waals surface area contributed by atoms with Gasteiger partial charge in [-0.3, -0.25) is 9.36 Å². The molecule has 190 valence electrons. The third-order valence-electron chi connectivity index (χ3n) is 6.34. The number of rotatable bonds is 7. The molecule has 2 N–H and O–H groups in total. The number of nitrogens with zero attached hydrogens (tertiary/aromatic N) is 2. The van der Waals surface area contributed by atoms with Crippen molar-refractivity contribution in [1.29, 1.82) is 0 Å². The Kier molecular flexibility index (Phi) is 6.67. The first-order chi connectivity index (χ1) is 17.9. The molecule has 2 heterocycles. The summed E-state index contributed by atoms with van der Waals surface area (Å²) < 4.78 is 18.4. The standard InChI is InChI=1S/C28H27ClN4O4/c1-5-37-18-12-10-17(11-13-18)26-25(16(2)33-22-9-7-6-8-20(22)31-28(33)32-26)27(34)30-21-15-23(35-3)19(29)14-24(21)36-4/h6-15,26H,5H2,1-4H3,(H,30,34)(H,31,32). The molecule has 0 bridgehead atoms. The van der Waals surface area contributed by atoms with Crippen molar-refractivity contribution in [2.75, 3.05) is 31.5 Å². The molecule has 1 unspecified atom stereocenters. The molecular formula is C28H27ClN4O4. The lowest BCUT2D eigenvalue weighted by molar-refractivity contribution is -0.113. The molecule has 5 rings (SSSR count). The van der Waals surface area contributed by atoms with Crippen LogP contribution in [0.1, 0.15) is 25.5 Å². The summed E-state index contributed by atoms with van der Waals surface area (Å²) in [7, 11) is 3.04. The normalized spacial score (nSPS) is 14.7. The lowest BCUT2D eigenvalue weighted by atomic mass is 9.94. The Morgan fingerprint density at radius 2 is 1.81 bits per heavy atom. The van der Waals surface area contributed by atoms with Gasteiger partial charge in [0.15, 0.2) is 0 Å². The van der Waals surface area contributed by atoms with Gasteiger partial charge in [-0.05, 0) is 43.7 Å². The second kappa shape index (κ2) is 10.1. The summed E-state index contributed by atoms with van der Waals surface area (Å²) in [6.45, 7) is 4.44. The molecule has 0 saturated heterocycles. The molecule has 0 fully saturated rings. The quantitative estimate of drug-likeness (QED) is 0.305. The average molecular weight is 519 g/mol. The van der Waals surface area contributed by atoms with Crippen LogP contribution in [0.3, 0.4) is 0 Å². The first kappa shape index (κ1) is 24.5. The van der Waals surface area contributed by atoms with Crippen LogP contribution in [0.4, 0.5) is 11.6 Å². The molecular weight excluding hydrogens is 492 g/mol. The van der Waals surface area contributed by atoms with Gasteiger partial charge >= 0.3 is 0 Å². The fourth-order valence-electron chi connectivity index (χ4n) is 4.61. The number of benzene rings is 3. The number of nitrogens with one attached hydrogen (secondary N) is 2. The molecule has 37 heavy (non-hydrogen) atoms. The lowest BCUT2D eigenvalue weighted by Crippen LogP contribution is -2.30. The van der Waals surface area contributed by atoms with Gasteiger partial charge in [-0.15, -0.1) is 0 Å². The summed E-state index contributed by atoms with van der Waals surface area (Å²) >= 11 is 6.27. The number of hydrogen-bond donors (Lipinski definition) is 2. The summed E-state index contributed by atoms with van der Waals surface area (Å²) in [5, 5.41) is 6.87. The number of hydrogen-bond acceptors (Lipinski definition) is 6. The molecule has 1 atom stereocenters. The highest BCUT2D eigenvalue weighted by molar-refractivity contribution is 6.32. The van der Waals surface area contributed by atoms with Crippen LogP contribution in [-0.4, -0.2) is 36.3 Å². The van der Waals surface area contributed by atoms with E-state index in [1.54, 1.807) is 12.1 Å². The zero-order valence-electron chi connectivity index (χ0n) is 21.0. The van der Waals surface area contributed by atoms with Gasteiger partial charge in [0.1, 0.15) is 17.2 Å². The SMILES string of the molecule is CCOc1ccc(C2Nc3nc4ccccc4n3C(C)=C2C(=O)Nc2cc(OC)c(Cl)cc2OC)cc1. The summed E-state index contributed by atoms with van der Waals surface area (Å²) in [6, 6.07) is 18.3. The molecule has 0 aliphatic carbocycles. The number of halogens is 1. The molecule has 0 saturated carbocycles. The Morgan fingerprint density at radius 1 is 1.08 bits per heavy atom. The second-order valence-corrected chi connectivity index (χ2v) is 8.89. The minimum Gasteiger partial charge on any atom is -0.495 e. The third-order valence-corrected chi connectivity index (χ3v) is 6.63. The number of allylic oxidation sites excluding steroid dienone is 1. The van der Waals surface area contributed by atoms with Crippen LogP contribution < -0.4 is 24.8 Å². The van der Waals surface area contributed by atoms with Gasteiger partial charge in [-0.1, -0.05) is 35.9 Å². The van der Waals surface area contributed by atoms with Gasteiger partial charge < -0.3 is 24.8 Å². The second-order valence-electron chi connectivity index (χ2n) is 8.48. The minimum absolute atomic E-state index is 0.296. The molecule has 8 nitrogen and oxygen atoms in total. The summed E-state index contributed by atoms with van der Waals surface area (Å²) in [4.78, 5) is 18.7. The largest absolute Gasteiger partial charge is 0.495 e. The monoisotopic (exact) mass is 518 g/mol. The number of aromatic nitrogens is 2. The van der Waals surface area contributed by atoms with Gasteiger partial charge in [0, 0.05) is 17.8 Å². The Bertz CT molecular complexity index is 1510. The van der Waals surface area contributed by atoms with E-state index in [0.29, 0.717) is 40.3 Å². The zero-order chi connectivity index (χ0) is 26.1. The van der Waals surface area contributed by atoms with E-state index < -0.39 is 6.04 Å². The van der Waals surface area contributed by atoms with Crippen molar-refractivity contribution in [2.24, 2.45) is 0 Å². The summed E-state index contributed by atoms with van der Waals surface area (Å²) in [6.07, 6.45) is 0. The van der Waals surface area contributed by atoms with E-state index in [4.69, 9.17) is 30.8 Å². The van der Waals surface area contributed by atoms with Gasteiger partial charge in [-0.25, -0.2) is 4.98 Å². The number of amides is 1. The summed E-state index contributed by atoms with van der Waals surface area (Å²) in [5.74, 6) is 1.98. The van der Waals surface area contributed by atoms with E-state index >= 15 is 0 Å². The lowest BCUT2D eigenvalue weighted by Gasteiger charge is -2.30. The number of carbonyl (C=O) groups is 1. The average Bonchev–Trinajstić information content (AvgIpc) is 3.28. The van der Waals surface area contributed by atoms with Crippen molar-refractivity contribution >= 4 is 45.9 Å². The highest BCUT2D eigenvalue weighted by Crippen LogP contribution is 2.41. The van der Waals surface area contributed by atoms with Crippen molar-refractivity contribution in [2.45, 2.75) is 19.9 Å². The fourth-order valence-corrected chi connectivity index (χ4v) is 4.84. The van der Waals surface area contributed by atoms with E-state index in [1.165, 1.54) is 14.2 Å². The molecule has 4 aromatic rings. The maximum Gasteiger partial charge on any atom is 0.255 e. The number of imidazole rings is 1. The van der Waals surface area contributed by atoms with Crippen molar-refractivity contribution < 1.29 is 19.0 Å². The van der Waals surface area contributed by atoms with Gasteiger partial charge in [-0.2, -0.15) is 0 Å². The molecule has 0 spiro atoms. The van der Waals surface area contributed by atoms with Gasteiger partial charge in [0.25, 0.3) is 5.91 Å². The van der Waals surface area contributed by atoms with E-state index in [1.807, 2.05) is 66.9 Å². The van der Waals surface area contributed by atoms with Crippen molar-refractivity contribution in [3.8, 4) is 17.2 Å². The van der Waals surface area contributed by atoms with Crippen LogP contribution in [0.2, 0.25) is 5.02 Å². The van der Waals surface area contributed by atoms with Crippen LogP contribution in [-0.2, 0) is 4.79 Å². The number of fused-ring (bicyclic) bond motifs is 3. The highest BCUT2D eigenvalue weighted by Gasteiger charge is 2.33. The van der Waals surface area contributed by atoms with Crippen LogP contribution in [0, 0.1) is 0 Å². The van der Waals surface area contributed by atoms with Crippen molar-refractivity contribution in [1.82, 2.24) is 9.55 Å². The van der Waals surface area contributed by atoms with E-state index in [-0.39, 0.29) is 5.91 Å². The van der Waals surface area contributed by atoms with E-state index in [9.17, 15) is 4.79 Å². The number of carbonyl (C=O) groups excluding carboxylic acids is 1. The number of ether oxygens (including phenoxy) is 3. The van der Waals surface area contributed by atoms with Crippen LogP contribution in [0.25, 0.3) is 16.7 Å². The van der Waals surface area contributed by atoms with Gasteiger partial charge in [0.2, 0.25) is 5.95 Å². The maximum atomic E-state index is 14.0. The number of methoxy groups -OCH3 is 2. The Labute approximate surface area is 219 Å². The number of para-hydroxylation sites is 2. The predicted octanol–water partition coefficient (Wildman–Crippen LogP) is 6.14. The highest BCUT2D eigenvalue weighted by atomic mass is 35.5. The first-order valence-corrected chi connectivity index (χ1v) is 12.2. The van der Waals surface area contributed by atoms with Crippen molar-refractivity contribution in [3.05, 3.63) is 76.8 Å². The van der Waals surface area contributed by atoms with Crippen molar-refractivity contribution in [3.63, 3.8) is 0 Å². The molecule has 0 radical (unpaired) electrons. The van der Waals surface area contributed by atoms with Crippen LogP contribution >= 0.6 is 11.6 Å². The van der Waals surface area contributed by atoms with Gasteiger partial charge in [0.05, 0.1) is 54.2 Å². The Hall–Kier alpha value is -4.17. The Morgan fingerprint density at radius 3 is 2.51 bits per heavy atom. The third kappa shape index (κ3) is 4.44. The minimum atomic E-state index is -0.458.